The molecule has 0 heterocycles. The van der Waals surface area contributed by atoms with Crippen LogP contribution < -0.4 is 18.9 Å². The average molecular weight is 462 g/mol. The maximum absolute atomic E-state index is 13.4. The number of nitrogens with one attached hydrogen (secondary N) is 1. The van der Waals surface area contributed by atoms with Gasteiger partial charge in [0.25, 0.3) is 10.0 Å². The fraction of sp³-hybridized carbons (Fsp3) is 0.217. The van der Waals surface area contributed by atoms with E-state index in [0.717, 1.165) is 5.56 Å². The maximum Gasteiger partial charge on any atom is 0.262 e. The Morgan fingerprint density at radius 1 is 0.935 bits per heavy atom. The van der Waals surface area contributed by atoms with Crippen molar-refractivity contribution in [2.24, 2.45) is 0 Å². The van der Waals surface area contributed by atoms with E-state index in [-0.39, 0.29) is 16.3 Å². The van der Waals surface area contributed by atoms with Gasteiger partial charge in [0, 0.05) is 12.1 Å². The number of halogens is 1. The SMILES string of the molecule is CCOc1ccc(S(=O)(=O)Nc2cc(OC)c(Cl)cc2OC)c(Cc2ccccc2)c1. The highest BCUT2D eigenvalue weighted by Crippen LogP contribution is 2.37. The molecule has 3 aromatic carbocycles. The summed E-state index contributed by atoms with van der Waals surface area (Å²) in [6.45, 7) is 2.36. The van der Waals surface area contributed by atoms with Crippen LogP contribution in [-0.2, 0) is 16.4 Å². The van der Waals surface area contributed by atoms with Crippen LogP contribution in [0.25, 0.3) is 0 Å². The van der Waals surface area contributed by atoms with E-state index in [1.165, 1.54) is 26.4 Å². The van der Waals surface area contributed by atoms with Crippen molar-refractivity contribution in [2.45, 2.75) is 18.2 Å². The van der Waals surface area contributed by atoms with Gasteiger partial charge in [-0.1, -0.05) is 41.9 Å². The molecule has 0 bridgehead atoms. The summed E-state index contributed by atoms with van der Waals surface area (Å²) in [7, 11) is -1.06. The number of benzene rings is 3. The molecule has 0 atom stereocenters. The molecule has 31 heavy (non-hydrogen) atoms. The fourth-order valence-corrected chi connectivity index (χ4v) is 4.68. The highest BCUT2D eigenvalue weighted by molar-refractivity contribution is 7.92. The molecule has 3 rings (SSSR count). The minimum atomic E-state index is -3.95. The zero-order valence-electron chi connectivity index (χ0n) is 17.5. The lowest BCUT2D eigenvalue weighted by Crippen LogP contribution is -2.16. The Kier molecular flexibility index (Phi) is 7.30. The third-order valence-electron chi connectivity index (χ3n) is 4.59. The smallest absolute Gasteiger partial charge is 0.262 e. The Balaban J connectivity index is 2.04. The highest BCUT2D eigenvalue weighted by Gasteiger charge is 2.22. The van der Waals surface area contributed by atoms with Crippen LogP contribution in [0, 0.1) is 0 Å². The van der Waals surface area contributed by atoms with Crippen molar-refractivity contribution >= 4 is 27.3 Å². The van der Waals surface area contributed by atoms with Gasteiger partial charge in [-0.3, -0.25) is 4.72 Å². The zero-order valence-corrected chi connectivity index (χ0v) is 19.1. The average Bonchev–Trinajstić information content (AvgIpc) is 2.75. The summed E-state index contributed by atoms with van der Waals surface area (Å²) < 4.78 is 45.4. The second kappa shape index (κ2) is 9.94. The Morgan fingerprint density at radius 3 is 2.29 bits per heavy atom. The zero-order chi connectivity index (χ0) is 22.4. The Hall–Kier alpha value is -2.90. The predicted molar refractivity (Wildman–Crippen MR) is 122 cm³/mol. The van der Waals surface area contributed by atoms with Gasteiger partial charge in [0.1, 0.15) is 17.2 Å². The lowest BCUT2D eigenvalue weighted by atomic mass is 10.0. The molecule has 0 amide bonds. The van der Waals surface area contributed by atoms with Crippen molar-refractivity contribution in [2.75, 3.05) is 25.5 Å². The molecule has 6 nitrogen and oxygen atoms in total. The molecule has 3 aromatic rings. The molecule has 0 aliphatic carbocycles. The van der Waals surface area contributed by atoms with Crippen LogP contribution in [0.4, 0.5) is 5.69 Å². The summed E-state index contributed by atoms with van der Waals surface area (Å²) >= 11 is 6.14. The van der Waals surface area contributed by atoms with Gasteiger partial charge in [0.15, 0.2) is 0 Å². The number of rotatable bonds is 9. The van der Waals surface area contributed by atoms with Crippen molar-refractivity contribution in [1.29, 1.82) is 0 Å². The number of ether oxygens (including phenoxy) is 3. The molecule has 0 saturated heterocycles. The van der Waals surface area contributed by atoms with E-state index >= 15 is 0 Å². The van der Waals surface area contributed by atoms with Gasteiger partial charge in [0.05, 0.1) is 36.4 Å². The summed E-state index contributed by atoms with van der Waals surface area (Å²) in [4.78, 5) is 0.149. The van der Waals surface area contributed by atoms with E-state index in [0.29, 0.717) is 35.1 Å². The molecule has 0 radical (unpaired) electrons. The van der Waals surface area contributed by atoms with E-state index in [1.54, 1.807) is 18.2 Å². The Bertz CT molecular complexity index is 1150. The van der Waals surface area contributed by atoms with Crippen LogP contribution >= 0.6 is 11.6 Å². The molecule has 0 saturated carbocycles. The normalized spacial score (nSPS) is 11.1. The molecule has 0 aliphatic heterocycles. The first-order valence-corrected chi connectivity index (χ1v) is 11.5. The van der Waals surface area contributed by atoms with Gasteiger partial charge in [-0.05, 0) is 42.7 Å². The maximum atomic E-state index is 13.4. The van der Waals surface area contributed by atoms with Gasteiger partial charge >= 0.3 is 0 Å². The summed E-state index contributed by atoms with van der Waals surface area (Å²) in [6.07, 6.45) is 0.430. The van der Waals surface area contributed by atoms with E-state index in [2.05, 4.69) is 4.72 Å². The first kappa shape index (κ1) is 22.8. The minimum absolute atomic E-state index is 0.149. The molecule has 164 valence electrons. The van der Waals surface area contributed by atoms with Crippen molar-refractivity contribution in [1.82, 2.24) is 0 Å². The first-order chi connectivity index (χ1) is 14.9. The van der Waals surface area contributed by atoms with Crippen LogP contribution in [-0.4, -0.2) is 29.2 Å². The van der Waals surface area contributed by atoms with E-state index in [1.807, 2.05) is 37.3 Å². The molecule has 0 unspecified atom stereocenters. The van der Waals surface area contributed by atoms with Crippen LogP contribution in [0.15, 0.2) is 65.6 Å². The van der Waals surface area contributed by atoms with Crippen LogP contribution in [0.2, 0.25) is 5.02 Å². The number of anilines is 1. The largest absolute Gasteiger partial charge is 0.495 e. The highest BCUT2D eigenvalue weighted by atomic mass is 35.5. The van der Waals surface area contributed by atoms with Gasteiger partial charge in [0.2, 0.25) is 0 Å². The van der Waals surface area contributed by atoms with E-state index in [9.17, 15) is 8.42 Å². The molecule has 8 heteroatoms. The van der Waals surface area contributed by atoms with Crippen molar-refractivity contribution < 1.29 is 22.6 Å². The second-order valence-corrected chi connectivity index (χ2v) is 8.72. The fourth-order valence-electron chi connectivity index (χ4n) is 3.17. The second-order valence-electron chi connectivity index (χ2n) is 6.66. The lowest BCUT2D eigenvalue weighted by molar-refractivity contribution is 0.339. The number of sulfonamides is 1. The van der Waals surface area contributed by atoms with Gasteiger partial charge in [-0.25, -0.2) is 8.42 Å². The van der Waals surface area contributed by atoms with Crippen molar-refractivity contribution in [3.8, 4) is 17.2 Å². The molecular formula is C23H24ClNO5S. The minimum Gasteiger partial charge on any atom is -0.495 e. The molecular weight excluding hydrogens is 438 g/mol. The monoisotopic (exact) mass is 461 g/mol. The van der Waals surface area contributed by atoms with Gasteiger partial charge in [-0.15, -0.1) is 0 Å². The molecule has 0 spiro atoms. The third kappa shape index (κ3) is 5.42. The van der Waals surface area contributed by atoms with Gasteiger partial charge < -0.3 is 14.2 Å². The van der Waals surface area contributed by atoms with E-state index < -0.39 is 10.0 Å². The molecule has 1 N–H and O–H groups in total. The standard InChI is InChI=1S/C23H24ClNO5S/c1-4-30-18-10-11-23(17(13-18)12-16-8-6-5-7-9-16)31(26,27)25-20-15-21(28-2)19(24)14-22(20)29-3/h5-11,13-15,25H,4,12H2,1-3H3. The Morgan fingerprint density at radius 2 is 1.65 bits per heavy atom. The Labute approximate surface area is 187 Å². The lowest BCUT2D eigenvalue weighted by Gasteiger charge is -2.17. The number of hydrogen-bond donors (Lipinski definition) is 1. The summed E-state index contributed by atoms with van der Waals surface area (Å²) in [6, 6.07) is 17.6. The topological polar surface area (TPSA) is 73.9 Å². The van der Waals surface area contributed by atoms with E-state index in [4.69, 9.17) is 25.8 Å². The van der Waals surface area contributed by atoms with Crippen LogP contribution in [0.1, 0.15) is 18.1 Å². The summed E-state index contributed by atoms with van der Waals surface area (Å²) in [5, 5.41) is 0.313. The van der Waals surface area contributed by atoms with Crippen molar-refractivity contribution in [3.63, 3.8) is 0 Å². The number of hydrogen-bond acceptors (Lipinski definition) is 5. The molecule has 0 aliphatic rings. The van der Waals surface area contributed by atoms with Crippen LogP contribution in [0.5, 0.6) is 17.2 Å². The summed E-state index contributed by atoms with van der Waals surface area (Å²) in [5.74, 6) is 1.22. The quantitative estimate of drug-likeness (QED) is 0.477. The third-order valence-corrected chi connectivity index (χ3v) is 6.35. The summed E-state index contributed by atoms with van der Waals surface area (Å²) in [5.41, 5.74) is 1.83. The van der Waals surface area contributed by atoms with Crippen molar-refractivity contribution in [3.05, 3.63) is 76.8 Å². The predicted octanol–water partition coefficient (Wildman–Crippen LogP) is 5.15. The number of methoxy groups -OCH3 is 2. The molecule has 0 aromatic heterocycles. The first-order valence-electron chi connectivity index (χ1n) is 9.62. The van der Waals surface area contributed by atoms with Crippen LogP contribution in [0.3, 0.4) is 0 Å². The molecule has 0 fully saturated rings. The van der Waals surface area contributed by atoms with Gasteiger partial charge in [-0.2, -0.15) is 0 Å².